The minimum Gasteiger partial charge on any atom is -0.478 e. The van der Waals surface area contributed by atoms with Gasteiger partial charge < -0.3 is 36.0 Å². The van der Waals surface area contributed by atoms with E-state index in [9.17, 15) is 19.8 Å². The molecule has 0 unspecified atom stereocenters. The van der Waals surface area contributed by atoms with Gasteiger partial charge in [-0.1, -0.05) is 11.3 Å². The summed E-state index contributed by atoms with van der Waals surface area (Å²) in [6, 6.07) is 8.01. The van der Waals surface area contributed by atoms with E-state index in [4.69, 9.17) is 14.8 Å². The first kappa shape index (κ1) is 27.9. The Morgan fingerprint density at radius 3 is 2.52 bits per heavy atom. The molecule has 0 amide bonds. The number of carbonyl (C=O) groups is 2. The molecule has 1 aliphatic heterocycles. The van der Waals surface area contributed by atoms with Crippen LogP contribution >= 0.6 is 11.3 Å². The first-order chi connectivity index (χ1) is 19.3. The topological polar surface area (TPSA) is 179 Å². The highest BCUT2D eigenvalue weighted by Crippen LogP contribution is 2.36. The number of anilines is 3. The summed E-state index contributed by atoms with van der Waals surface area (Å²) >= 11 is 1.44. The maximum atomic E-state index is 11.6. The van der Waals surface area contributed by atoms with Crippen molar-refractivity contribution in [2.75, 3.05) is 23.8 Å². The number of aliphatic hydroxyl groups is 1. The Hall–Kier alpha value is -3.65. The molecule has 3 aromatic heterocycles. The first-order valence-corrected chi connectivity index (χ1v) is 14.1. The Labute approximate surface area is 234 Å². The third-order valence-electron chi connectivity index (χ3n) is 7.27. The molecule has 1 saturated carbocycles. The molecule has 0 radical (unpaired) electrons. The molecule has 0 spiro atoms. The number of thiazole rings is 1. The van der Waals surface area contributed by atoms with Crippen molar-refractivity contribution in [3.8, 4) is 0 Å². The van der Waals surface area contributed by atoms with E-state index in [1.165, 1.54) is 11.3 Å². The van der Waals surface area contributed by atoms with Crippen LogP contribution in [-0.2, 0) is 20.9 Å². The predicted octanol–water partition coefficient (Wildman–Crippen LogP) is 3.28. The second-order valence-corrected chi connectivity index (χ2v) is 11.1. The third kappa shape index (κ3) is 6.91. The molecule has 6 N–H and O–H groups in total. The van der Waals surface area contributed by atoms with Gasteiger partial charge in [0.15, 0.2) is 5.13 Å². The number of fused-ring (bicyclic) bond motifs is 1. The number of aromatic nitrogens is 3. The van der Waals surface area contributed by atoms with Crippen molar-refractivity contribution in [3.05, 3.63) is 47.7 Å². The maximum absolute atomic E-state index is 11.6. The summed E-state index contributed by atoms with van der Waals surface area (Å²) < 4.78 is 5.46. The van der Waals surface area contributed by atoms with Crippen molar-refractivity contribution in [1.82, 2.24) is 20.3 Å². The molecule has 2 aliphatic rings. The Balaban J connectivity index is 1.31. The van der Waals surface area contributed by atoms with Crippen LogP contribution in [0.25, 0.3) is 10.3 Å². The molecule has 0 bridgehead atoms. The average molecular weight is 569 g/mol. The van der Waals surface area contributed by atoms with Gasteiger partial charge in [0, 0.05) is 44.1 Å². The van der Waals surface area contributed by atoms with E-state index < -0.39 is 23.1 Å². The fourth-order valence-corrected chi connectivity index (χ4v) is 5.98. The van der Waals surface area contributed by atoms with Crippen molar-refractivity contribution >= 4 is 50.4 Å². The van der Waals surface area contributed by atoms with E-state index in [2.05, 4.69) is 25.9 Å². The lowest BCUT2D eigenvalue weighted by atomic mass is 9.77. The standard InChI is InChI=1S/C27H32N6O6S/c34-23(35)14-19(25(36)37)27(38)7-3-18(4-8-27)30-21-12-16(15-29-17-5-10-39-11-6-17)13-22(32-21)33-26-31-20-2-1-9-28-24(20)40-26/h1-2,9,12-14,17-18,29,38H,3-8,10-11,15H2,(H,34,35)(H,36,37)(H2,30,31,32,33)/b19-14+. The summed E-state index contributed by atoms with van der Waals surface area (Å²) in [5, 5.41) is 40.5. The fourth-order valence-electron chi connectivity index (χ4n) is 5.16. The van der Waals surface area contributed by atoms with Crippen LogP contribution in [0.15, 0.2) is 42.1 Å². The molecular formula is C27H32N6O6S. The smallest absolute Gasteiger partial charge is 0.334 e. The van der Waals surface area contributed by atoms with Crippen LogP contribution in [0, 0.1) is 0 Å². The summed E-state index contributed by atoms with van der Waals surface area (Å²) in [4.78, 5) is 37.3. The van der Waals surface area contributed by atoms with E-state index in [1.54, 1.807) is 6.20 Å². The number of ether oxygens (including phenoxy) is 1. The van der Waals surface area contributed by atoms with Crippen LogP contribution < -0.4 is 16.0 Å². The van der Waals surface area contributed by atoms with E-state index in [1.807, 2.05) is 24.3 Å². The molecule has 2 fully saturated rings. The quantitative estimate of drug-likeness (QED) is 0.197. The van der Waals surface area contributed by atoms with Crippen LogP contribution in [0.4, 0.5) is 16.8 Å². The highest BCUT2D eigenvalue weighted by atomic mass is 32.1. The number of carboxylic acids is 2. The lowest BCUT2D eigenvalue weighted by molar-refractivity contribution is -0.138. The third-order valence-corrected chi connectivity index (χ3v) is 8.16. The zero-order chi connectivity index (χ0) is 28.1. The molecular weight excluding hydrogens is 536 g/mol. The van der Waals surface area contributed by atoms with Crippen molar-refractivity contribution in [2.45, 2.75) is 62.8 Å². The highest BCUT2D eigenvalue weighted by molar-refractivity contribution is 7.21. The van der Waals surface area contributed by atoms with Gasteiger partial charge in [-0.3, -0.25) is 0 Å². The molecule has 0 aromatic carbocycles. The predicted molar refractivity (Wildman–Crippen MR) is 150 cm³/mol. The molecule has 40 heavy (non-hydrogen) atoms. The second kappa shape index (κ2) is 12.3. The van der Waals surface area contributed by atoms with Crippen LogP contribution in [0.2, 0.25) is 0 Å². The Kier molecular flexibility index (Phi) is 8.54. The number of hydrogen-bond donors (Lipinski definition) is 6. The van der Waals surface area contributed by atoms with E-state index in [0.717, 1.165) is 42.0 Å². The number of pyridine rings is 2. The number of rotatable bonds is 10. The monoisotopic (exact) mass is 568 g/mol. The Morgan fingerprint density at radius 2 is 1.82 bits per heavy atom. The summed E-state index contributed by atoms with van der Waals surface area (Å²) in [6.07, 6.45) is 5.35. The summed E-state index contributed by atoms with van der Waals surface area (Å²) in [5.74, 6) is -1.56. The number of nitrogens with one attached hydrogen (secondary N) is 3. The lowest BCUT2D eigenvalue weighted by Gasteiger charge is -2.36. The summed E-state index contributed by atoms with van der Waals surface area (Å²) in [5.41, 5.74) is -0.359. The van der Waals surface area contributed by atoms with Crippen molar-refractivity contribution in [1.29, 1.82) is 0 Å². The zero-order valence-corrected chi connectivity index (χ0v) is 22.6. The number of carboxylic acid groups (broad SMARTS) is 2. The Bertz CT molecular complexity index is 1360. The van der Waals surface area contributed by atoms with E-state index in [-0.39, 0.29) is 18.9 Å². The van der Waals surface area contributed by atoms with Crippen molar-refractivity contribution < 1.29 is 29.6 Å². The SMILES string of the molecule is O=C(O)/C=C(\C(=O)O)C1(O)CCC(Nc2cc(CNC3CCOCC3)cc(Nc3nc4cccnc4s3)n2)CC1. The van der Waals surface area contributed by atoms with E-state index >= 15 is 0 Å². The minimum atomic E-state index is -1.70. The highest BCUT2D eigenvalue weighted by Gasteiger charge is 2.40. The zero-order valence-electron chi connectivity index (χ0n) is 21.8. The van der Waals surface area contributed by atoms with Crippen molar-refractivity contribution in [2.24, 2.45) is 0 Å². The van der Waals surface area contributed by atoms with Gasteiger partial charge in [0.1, 0.15) is 22.0 Å². The second-order valence-electron chi connectivity index (χ2n) is 10.1. The molecule has 1 aliphatic carbocycles. The first-order valence-electron chi connectivity index (χ1n) is 13.3. The van der Waals surface area contributed by atoms with Crippen molar-refractivity contribution in [3.63, 3.8) is 0 Å². The molecule has 4 heterocycles. The van der Waals surface area contributed by atoms with Gasteiger partial charge in [-0.15, -0.1) is 0 Å². The van der Waals surface area contributed by atoms with Crippen LogP contribution in [-0.4, -0.2) is 73.1 Å². The lowest BCUT2D eigenvalue weighted by Crippen LogP contribution is -2.42. The number of aliphatic carboxylic acids is 2. The van der Waals surface area contributed by atoms with Gasteiger partial charge in [0.2, 0.25) is 0 Å². The van der Waals surface area contributed by atoms with Crippen LogP contribution in [0.1, 0.15) is 44.1 Å². The molecule has 12 nitrogen and oxygen atoms in total. The molecule has 3 aromatic rings. The van der Waals surface area contributed by atoms with E-state index in [0.29, 0.717) is 48.3 Å². The van der Waals surface area contributed by atoms with Gasteiger partial charge in [-0.25, -0.2) is 24.5 Å². The summed E-state index contributed by atoms with van der Waals surface area (Å²) in [7, 11) is 0. The van der Waals surface area contributed by atoms with Crippen LogP contribution in [0.5, 0.6) is 0 Å². The van der Waals surface area contributed by atoms with Crippen LogP contribution in [0.3, 0.4) is 0 Å². The van der Waals surface area contributed by atoms with Gasteiger partial charge in [0.05, 0.1) is 11.2 Å². The molecule has 5 rings (SSSR count). The number of hydrogen-bond acceptors (Lipinski definition) is 11. The molecule has 0 atom stereocenters. The molecule has 13 heteroatoms. The van der Waals surface area contributed by atoms with Gasteiger partial charge in [-0.05, 0) is 68.4 Å². The van der Waals surface area contributed by atoms with Gasteiger partial charge >= 0.3 is 11.9 Å². The van der Waals surface area contributed by atoms with Gasteiger partial charge in [0.25, 0.3) is 0 Å². The largest absolute Gasteiger partial charge is 0.478 e. The summed E-state index contributed by atoms with van der Waals surface area (Å²) in [6.45, 7) is 2.14. The van der Waals surface area contributed by atoms with Gasteiger partial charge in [-0.2, -0.15) is 0 Å². The molecule has 1 saturated heterocycles. The normalized spacial score (nSPS) is 22.2. The molecule has 212 valence electrons. The average Bonchev–Trinajstić information content (AvgIpc) is 3.34. The number of nitrogens with zero attached hydrogens (tertiary/aromatic N) is 3. The minimum absolute atomic E-state index is 0.0779. The Morgan fingerprint density at radius 1 is 1.07 bits per heavy atom. The maximum Gasteiger partial charge on any atom is 0.334 e. The fraction of sp³-hybridized carbons (Fsp3) is 0.444.